The number of anilines is 1. The summed E-state index contributed by atoms with van der Waals surface area (Å²) < 4.78 is 0. The summed E-state index contributed by atoms with van der Waals surface area (Å²) >= 11 is 1.59. The van der Waals surface area contributed by atoms with E-state index in [4.69, 9.17) is 0 Å². The van der Waals surface area contributed by atoms with Gasteiger partial charge in [0.05, 0.1) is 0 Å². The van der Waals surface area contributed by atoms with Crippen molar-refractivity contribution in [1.29, 1.82) is 0 Å². The number of aromatic nitrogens is 2. The standard InChI is InChI=1S/C25H25N3OS/c29-22(21-8-6-20(7-9-21)19-4-2-1-3-5-19)26-24-28-27-23(30-24)25-13-16-10-17(14-25)12-18(11-16)15-25/h1-9,16-18H,10-15H2,(H,26,28,29). The number of rotatable bonds is 4. The van der Waals surface area contributed by atoms with E-state index in [-0.39, 0.29) is 11.3 Å². The maximum atomic E-state index is 12.7. The second-order valence-corrected chi connectivity index (χ2v) is 10.5. The Kier molecular flexibility index (Phi) is 4.27. The highest BCUT2D eigenvalue weighted by Crippen LogP contribution is 2.61. The molecule has 4 aliphatic rings. The van der Waals surface area contributed by atoms with Gasteiger partial charge in [-0.15, -0.1) is 10.2 Å². The van der Waals surface area contributed by atoms with Crippen molar-refractivity contribution < 1.29 is 4.79 Å². The van der Waals surface area contributed by atoms with Gasteiger partial charge in [-0.25, -0.2) is 0 Å². The van der Waals surface area contributed by atoms with Gasteiger partial charge in [0.25, 0.3) is 5.91 Å². The number of hydrogen-bond donors (Lipinski definition) is 1. The Hall–Kier alpha value is -2.53. The normalized spacial score (nSPS) is 29.1. The summed E-state index contributed by atoms with van der Waals surface area (Å²) in [5.74, 6) is 2.51. The van der Waals surface area contributed by atoms with Crippen LogP contribution in [0.2, 0.25) is 0 Å². The van der Waals surface area contributed by atoms with Gasteiger partial charge in [0.2, 0.25) is 5.13 Å². The van der Waals surface area contributed by atoms with Crippen LogP contribution in [0, 0.1) is 17.8 Å². The zero-order chi connectivity index (χ0) is 20.1. The first-order chi connectivity index (χ1) is 14.7. The van der Waals surface area contributed by atoms with Crippen molar-refractivity contribution in [3.63, 3.8) is 0 Å². The number of nitrogens with one attached hydrogen (secondary N) is 1. The number of nitrogens with zero attached hydrogens (tertiary/aromatic N) is 2. The van der Waals surface area contributed by atoms with Gasteiger partial charge in [-0.1, -0.05) is 53.8 Å². The van der Waals surface area contributed by atoms with Crippen LogP contribution in [-0.2, 0) is 5.41 Å². The van der Waals surface area contributed by atoms with Crippen LogP contribution in [-0.4, -0.2) is 16.1 Å². The topological polar surface area (TPSA) is 54.9 Å². The highest BCUT2D eigenvalue weighted by Gasteiger charge is 2.53. The second kappa shape index (κ2) is 7.02. The SMILES string of the molecule is O=C(Nc1nnc(C23CC4CC(CC(C4)C2)C3)s1)c1ccc(-c2ccccc2)cc1. The van der Waals surface area contributed by atoms with Gasteiger partial charge < -0.3 is 0 Å². The molecule has 4 bridgehead atoms. The van der Waals surface area contributed by atoms with E-state index in [1.165, 1.54) is 38.5 Å². The third-order valence-electron chi connectivity index (χ3n) is 7.39. The summed E-state index contributed by atoms with van der Waals surface area (Å²) in [6, 6.07) is 17.9. The molecule has 0 spiro atoms. The first-order valence-corrected chi connectivity index (χ1v) is 11.8. The molecule has 1 amide bonds. The predicted molar refractivity (Wildman–Crippen MR) is 120 cm³/mol. The molecule has 30 heavy (non-hydrogen) atoms. The first-order valence-electron chi connectivity index (χ1n) is 11.0. The molecule has 4 fully saturated rings. The van der Waals surface area contributed by atoms with Gasteiger partial charge >= 0.3 is 0 Å². The Morgan fingerprint density at radius 3 is 2.07 bits per heavy atom. The molecule has 152 valence electrons. The van der Waals surface area contributed by atoms with E-state index in [1.807, 2.05) is 42.5 Å². The van der Waals surface area contributed by atoms with Crippen LogP contribution in [0.5, 0.6) is 0 Å². The van der Waals surface area contributed by atoms with Crippen LogP contribution in [0.1, 0.15) is 53.9 Å². The molecule has 2 aromatic carbocycles. The van der Waals surface area contributed by atoms with E-state index in [1.54, 1.807) is 11.3 Å². The van der Waals surface area contributed by atoms with E-state index in [2.05, 4.69) is 27.6 Å². The monoisotopic (exact) mass is 415 g/mol. The highest BCUT2D eigenvalue weighted by molar-refractivity contribution is 7.15. The van der Waals surface area contributed by atoms with Crippen LogP contribution in [0.25, 0.3) is 11.1 Å². The van der Waals surface area contributed by atoms with Crippen LogP contribution < -0.4 is 5.32 Å². The molecular formula is C25H25N3OS. The van der Waals surface area contributed by atoms with E-state index in [0.717, 1.165) is 33.9 Å². The van der Waals surface area contributed by atoms with Crippen molar-refractivity contribution in [2.45, 2.75) is 43.9 Å². The van der Waals surface area contributed by atoms with E-state index < -0.39 is 0 Å². The van der Waals surface area contributed by atoms with Crippen LogP contribution in [0.15, 0.2) is 54.6 Å². The minimum atomic E-state index is -0.122. The maximum absolute atomic E-state index is 12.7. The van der Waals surface area contributed by atoms with Gasteiger partial charge in [0.15, 0.2) is 0 Å². The second-order valence-electron chi connectivity index (χ2n) is 9.51. The Labute approximate surface area is 180 Å². The Bertz CT molecular complexity index is 1040. The number of amides is 1. The molecule has 4 saturated carbocycles. The van der Waals surface area contributed by atoms with Gasteiger partial charge in [-0.3, -0.25) is 10.1 Å². The van der Waals surface area contributed by atoms with Crippen molar-refractivity contribution in [2.75, 3.05) is 5.32 Å². The highest BCUT2D eigenvalue weighted by atomic mass is 32.1. The number of carbonyl (C=O) groups excluding carboxylic acids is 1. The van der Waals surface area contributed by atoms with Crippen molar-refractivity contribution in [3.05, 3.63) is 65.2 Å². The van der Waals surface area contributed by atoms with Gasteiger partial charge in [-0.05, 0) is 79.5 Å². The smallest absolute Gasteiger partial charge is 0.257 e. The molecule has 4 nitrogen and oxygen atoms in total. The molecule has 0 unspecified atom stereocenters. The molecule has 4 aliphatic carbocycles. The minimum absolute atomic E-state index is 0.122. The van der Waals surface area contributed by atoms with E-state index >= 15 is 0 Å². The Morgan fingerprint density at radius 1 is 0.833 bits per heavy atom. The van der Waals surface area contributed by atoms with Crippen molar-refractivity contribution >= 4 is 22.4 Å². The maximum Gasteiger partial charge on any atom is 0.257 e. The van der Waals surface area contributed by atoms with Gasteiger partial charge in [0.1, 0.15) is 5.01 Å². The molecule has 7 rings (SSSR count). The van der Waals surface area contributed by atoms with E-state index in [9.17, 15) is 4.79 Å². The molecule has 1 N–H and O–H groups in total. The lowest BCUT2D eigenvalue weighted by molar-refractivity contribution is -0.00555. The van der Waals surface area contributed by atoms with Gasteiger partial charge in [0, 0.05) is 11.0 Å². The largest absolute Gasteiger partial charge is 0.296 e. The molecular weight excluding hydrogens is 390 g/mol. The molecule has 0 atom stereocenters. The Balaban J connectivity index is 1.18. The zero-order valence-corrected chi connectivity index (χ0v) is 17.7. The molecule has 1 aromatic heterocycles. The lowest BCUT2D eigenvalue weighted by atomic mass is 9.50. The summed E-state index contributed by atoms with van der Waals surface area (Å²) in [6.45, 7) is 0. The average molecular weight is 416 g/mol. The molecule has 0 saturated heterocycles. The quantitative estimate of drug-likeness (QED) is 0.575. The third kappa shape index (κ3) is 3.16. The minimum Gasteiger partial charge on any atom is -0.296 e. The molecule has 5 heteroatoms. The van der Waals surface area contributed by atoms with E-state index in [0.29, 0.717) is 10.7 Å². The average Bonchev–Trinajstić information content (AvgIpc) is 3.23. The first kappa shape index (κ1) is 18.3. The van der Waals surface area contributed by atoms with Crippen LogP contribution in [0.4, 0.5) is 5.13 Å². The fourth-order valence-corrected chi connectivity index (χ4v) is 7.43. The number of benzene rings is 2. The summed E-state index contributed by atoms with van der Waals surface area (Å²) in [5.41, 5.74) is 3.12. The predicted octanol–water partition coefficient (Wildman–Crippen LogP) is 5.93. The van der Waals surface area contributed by atoms with Crippen LogP contribution >= 0.6 is 11.3 Å². The molecule has 0 radical (unpaired) electrons. The Morgan fingerprint density at radius 2 is 1.43 bits per heavy atom. The van der Waals surface area contributed by atoms with Crippen molar-refractivity contribution in [1.82, 2.24) is 10.2 Å². The fraction of sp³-hybridized carbons (Fsp3) is 0.400. The lowest BCUT2D eigenvalue weighted by Gasteiger charge is -2.55. The third-order valence-corrected chi connectivity index (χ3v) is 8.48. The van der Waals surface area contributed by atoms with Crippen LogP contribution in [0.3, 0.4) is 0 Å². The van der Waals surface area contributed by atoms with Crippen molar-refractivity contribution in [3.8, 4) is 11.1 Å². The zero-order valence-electron chi connectivity index (χ0n) is 16.9. The number of hydrogen-bond acceptors (Lipinski definition) is 4. The molecule has 3 aromatic rings. The lowest BCUT2D eigenvalue weighted by Crippen LogP contribution is -2.48. The molecule has 1 heterocycles. The molecule has 0 aliphatic heterocycles. The summed E-state index contributed by atoms with van der Waals surface area (Å²) in [6.07, 6.45) is 8.05. The van der Waals surface area contributed by atoms with Gasteiger partial charge in [-0.2, -0.15) is 0 Å². The number of carbonyl (C=O) groups is 1. The van der Waals surface area contributed by atoms with Crippen molar-refractivity contribution in [2.24, 2.45) is 17.8 Å². The summed E-state index contributed by atoms with van der Waals surface area (Å²) in [5, 5.41) is 13.6. The summed E-state index contributed by atoms with van der Waals surface area (Å²) in [7, 11) is 0. The fourth-order valence-electron chi connectivity index (χ4n) is 6.47. The summed E-state index contributed by atoms with van der Waals surface area (Å²) in [4.78, 5) is 12.7.